The number of anilines is 2. The van der Waals surface area contributed by atoms with E-state index in [1.807, 2.05) is 24.3 Å². The molecule has 0 bridgehead atoms. The second-order valence-corrected chi connectivity index (χ2v) is 5.41. The van der Waals surface area contributed by atoms with Crippen LogP contribution in [0.2, 0.25) is 0 Å². The number of hydrogen-bond donors (Lipinski definition) is 3. The van der Waals surface area contributed by atoms with E-state index in [-0.39, 0.29) is 17.2 Å². The third-order valence-corrected chi connectivity index (χ3v) is 2.72. The standard InChI is InChI=1S/C14H17N3O2/c1-14(2,3)9-5-4-6-10(7-9)15-13-16-11(18)8-12(19)17-13/h4-8H,1-3H3,(H3,15,16,17,18,19). The Labute approximate surface area is 111 Å². The van der Waals surface area contributed by atoms with Gasteiger partial charge in [0.25, 0.3) is 5.56 Å². The highest BCUT2D eigenvalue weighted by atomic mass is 16.3. The lowest BCUT2D eigenvalue weighted by Gasteiger charge is -2.19. The number of nitrogens with one attached hydrogen (secondary N) is 2. The van der Waals surface area contributed by atoms with Crippen LogP contribution in [0, 0.1) is 0 Å². The van der Waals surface area contributed by atoms with E-state index in [9.17, 15) is 9.90 Å². The smallest absolute Gasteiger partial charge is 0.256 e. The van der Waals surface area contributed by atoms with E-state index >= 15 is 0 Å². The second-order valence-electron chi connectivity index (χ2n) is 5.41. The molecule has 3 N–H and O–H groups in total. The number of nitrogens with zero attached hydrogens (tertiary/aromatic N) is 1. The summed E-state index contributed by atoms with van der Waals surface area (Å²) in [7, 11) is 0. The van der Waals surface area contributed by atoms with E-state index in [4.69, 9.17) is 0 Å². The van der Waals surface area contributed by atoms with E-state index in [2.05, 4.69) is 36.1 Å². The van der Waals surface area contributed by atoms with Crippen LogP contribution in [-0.4, -0.2) is 15.1 Å². The predicted molar refractivity (Wildman–Crippen MR) is 74.9 cm³/mol. The Kier molecular flexibility index (Phi) is 3.29. The van der Waals surface area contributed by atoms with Gasteiger partial charge in [-0.05, 0) is 23.1 Å². The topological polar surface area (TPSA) is 78.0 Å². The molecule has 2 aromatic rings. The van der Waals surface area contributed by atoms with Crippen LogP contribution >= 0.6 is 0 Å². The van der Waals surface area contributed by atoms with E-state index < -0.39 is 5.56 Å². The van der Waals surface area contributed by atoms with Crippen molar-refractivity contribution in [2.75, 3.05) is 5.32 Å². The van der Waals surface area contributed by atoms with Crippen LogP contribution in [-0.2, 0) is 5.41 Å². The molecule has 0 spiro atoms. The minimum absolute atomic E-state index is 0.0390. The van der Waals surface area contributed by atoms with Gasteiger partial charge in [0.05, 0.1) is 6.07 Å². The van der Waals surface area contributed by atoms with Gasteiger partial charge >= 0.3 is 0 Å². The molecular weight excluding hydrogens is 242 g/mol. The molecule has 0 saturated heterocycles. The zero-order valence-electron chi connectivity index (χ0n) is 11.2. The number of aromatic nitrogens is 2. The van der Waals surface area contributed by atoms with Gasteiger partial charge in [0, 0.05) is 5.69 Å². The third kappa shape index (κ3) is 3.34. The van der Waals surface area contributed by atoms with Crippen molar-refractivity contribution in [3.63, 3.8) is 0 Å². The Bertz CT molecular complexity index is 642. The Morgan fingerprint density at radius 1 is 1.26 bits per heavy atom. The van der Waals surface area contributed by atoms with Crippen molar-refractivity contribution in [3.8, 4) is 5.88 Å². The summed E-state index contributed by atoms with van der Waals surface area (Å²) in [6, 6.07) is 8.87. The molecule has 2 rings (SSSR count). The highest BCUT2D eigenvalue weighted by Gasteiger charge is 2.13. The number of H-pyrrole nitrogens is 1. The molecular formula is C14H17N3O2. The van der Waals surface area contributed by atoms with Crippen LogP contribution in [0.1, 0.15) is 26.3 Å². The Morgan fingerprint density at radius 3 is 2.63 bits per heavy atom. The lowest BCUT2D eigenvalue weighted by Crippen LogP contribution is -2.12. The van der Waals surface area contributed by atoms with Crippen molar-refractivity contribution >= 4 is 11.6 Å². The first-order chi connectivity index (χ1) is 8.84. The molecule has 0 aliphatic rings. The monoisotopic (exact) mass is 259 g/mol. The number of aromatic hydroxyl groups is 1. The molecule has 100 valence electrons. The lowest BCUT2D eigenvalue weighted by atomic mass is 9.87. The molecule has 0 atom stereocenters. The van der Waals surface area contributed by atoms with Crippen LogP contribution in [0.5, 0.6) is 5.88 Å². The summed E-state index contributed by atoms with van der Waals surface area (Å²) in [5.74, 6) is -0.0886. The van der Waals surface area contributed by atoms with Gasteiger partial charge in [-0.25, -0.2) is 0 Å². The van der Waals surface area contributed by atoms with Crippen LogP contribution in [0.3, 0.4) is 0 Å². The van der Waals surface area contributed by atoms with Crippen molar-refractivity contribution in [1.29, 1.82) is 0 Å². The van der Waals surface area contributed by atoms with Crippen LogP contribution < -0.4 is 10.9 Å². The summed E-state index contributed by atoms with van der Waals surface area (Å²) < 4.78 is 0. The Hall–Kier alpha value is -2.30. The fourth-order valence-electron chi connectivity index (χ4n) is 1.70. The van der Waals surface area contributed by atoms with Gasteiger partial charge in [-0.3, -0.25) is 9.78 Å². The maximum Gasteiger partial charge on any atom is 0.256 e. The molecule has 19 heavy (non-hydrogen) atoms. The molecule has 0 aliphatic heterocycles. The molecule has 0 fully saturated rings. The first kappa shape index (κ1) is 13.1. The van der Waals surface area contributed by atoms with E-state index in [0.29, 0.717) is 0 Å². The predicted octanol–water partition coefficient (Wildman–Crippen LogP) is 2.52. The van der Waals surface area contributed by atoms with Crippen molar-refractivity contribution in [2.45, 2.75) is 26.2 Å². The van der Waals surface area contributed by atoms with Gasteiger partial charge in [0.1, 0.15) is 0 Å². The average Bonchev–Trinajstić information content (AvgIpc) is 2.26. The highest BCUT2D eigenvalue weighted by molar-refractivity contribution is 5.55. The summed E-state index contributed by atoms with van der Waals surface area (Å²) in [6.07, 6.45) is 0. The summed E-state index contributed by atoms with van der Waals surface area (Å²) in [4.78, 5) is 17.6. The zero-order chi connectivity index (χ0) is 14.0. The van der Waals surface area contributed by atoms with Gasteiger partial charge in [0.2, 0.25) is 11.8 Å². The largest absolute Gasteiger partial charge is 0.493 e. The molecule has 0 amide bonds. The fraction of sp³-hybridized carbons (Fsp3) is 0.286. The molecule has 0 saturated carbocycles. The first-order valence-electron chi connectivity index (χ1n) is 6.02. The minimum Gasteiger partial charge on any atom is -0.493 e. The SMILES string of the molecule is CC(C)(C)c1cccc(Nc2nc(O)cc(=O)[nH]2)c1. The maximum atomic E-state index is 11.2. The normalized spacial score (nSPS) is 11.3. The molecule has 0 radical (unpaired) electrons. The van der Waals surface area contributed by atoms with Crippen LogP contribution in [0.25, 0.3) is 0 Å². The third-order valence-electron chi connectivity index (χ3n) is 2.72. The molecule has 1 aromatic heterocycles. The number of rotatable bonds is 2. The first-order valence-corrected chi connectivity index (χ1v) is 6.02. The number of benzene rings is 1. The molecule has 1 heterocycles. The Balaban J connectivity index is 2.31. The van der Waals surface area contributed by atoms with E-state index in [1.54, 1.807) is 0 Å². The maximum absolute atomic E-state index is 11.2. The van der Waals surface area contributed by atoms with Crippen LogP contribution in [0.4, 0.5) is 11.6 Å². The molecule has 1 aromatic carbocycles. The molecule has 5 heteroatoms. The lowest BCUT2D eigenvalue weighted by molar-refractivity contribution is 0.452. The van der Waals surface area contributed by atoms with Gasteiger partial charge in [-0.1, -0.05) is 32.9 Å². The molecule has 0 unspecified atom stereocenters. The summed E-state index contributed by atoms with van der Waals surface area (Å²) in [6.45, 7) is 6.38. The summed E-state index contributed by atoms with van der Waals surface area (Å²) in [5.41, 5.74) is 1.61. The summed E-state index contributed by atoms with van der Waals surface area (Å²) in [5, 5.41) is 12.3. The average molecular weight is 259 g/mol. The van der Waals surface area contributed by atoms with Crippen molar-refractivity contribution < 1.29 is 5.11 Å². The second kappa shape index (κ2) is 4.76. The molecule has 0 aliphatic carbocycles. The minimum atomic E-state index is -0.401. The number of aromatic amines is 1. The zero-order valence-corrected chi connectivity index (χ0v) is 11.2. The van der Waals surface area contributed by atoms with Crippen molar-refractivity contribution in [2.24, 2.45) is 0 Å². The fourth-order valence-corrected chi connectivity index (χ4v) is 1.70. The van der Waals surface area contributed by atoms with E-state index in [1.165, 1.54) is 5.56 Å². The van der Waals surface area contributed by atoms with Gasteiger partial charge in [0.15, 0.2) is 0 Å². The van der Waals surface area contributed by atoms with E-state index in [0.717, 1.165) is 11.8 Å². The van der Waals surface area contributed by atoms with Crippen molar-refractivity contribution in [3.05, 3.63) is 46.2 Å². The highest BCUT2D eigenvalue weighted by Crippen LogP contribution is 2.25. The summed E-state index contributed by atoms with van der Waals surface area (Å²) >= 11 is 0. The van der Waals surface area contributed by atoms with Crippen molar-refractivity contribution in [1.82, 2.24) is 9.97 Å². The van der Waals surface area contributed by atoms with Gasteiger partial charge < -0.3 is 10.4 Å². The number of hydrogen-bond acceptors (Lipinski definition) is 4. The Morgan fingerprint density at radius 2 is 2.00 bits per heavy atom. The molecule has 5 nitrogen and oxygen atoms in total. The van der Waals surface area contributed by atoms with Crippen LogP contribution in [0.15, 0.2) is 35.1 Å². The van der Waals surface area contributed by atoms with Gasteiger partial charge in [-0.15, -0.1) is 0 Å². The quantitative estimate of drug-likeness (QED) is 0.774. The van der Waals surface area contributed by atoms with Gasteiger partial charge in [-0.2, -0.15) is 4.98 Å².